The van der Waals surface area contributed by atoms with Gasteiger partial charge in [0.1, 0.15) is 11.4 Å². The number of aryl methyl sites for hydroxylation is 1. The molecule has 0 bridgehead atoms. The molecule has 0 spiro atoms. The molecule has 3 aromatic rings. The summed E-state index contributed by atoms with van der Waals surface area (Å²) in [5.74, 6) is -1.27. The van der Waals surface area contributed by atoms with Gasteiger partial charge in [-0.05, 0) is 44.2 Å². The van der Waals surface area contributed by atoms with Crippen LogP contribution in [-0.2, 0) is 6.54 Å². The summed E-state index contributed by atoms with van der Waals surface area (Å²) in [7, 11) is 0. The number of hydrogen-bond acceptors (Lipinski definition) is 6. The smallest absolute Gasteiger partial charge is 0.312 e. The molecule has 1 aliphatic rings. The second-order valence-corrected chi connectivity index (χ2v) is 7.30. The molecule has 3 amide bonds. The fourth-order valence-electron chi connectivity index (χ4n) is 3.76. The molecule has 0 fully saturated rings. The first-order valence-corrected chi connectivity index (χ1v) is 9.84. The molecule has 32 heavy (non-hydrogen) atoms. The number of benzene rings is 2. The summed E-state index contributed by atoms with van der Waals surface area (Å²) in [6.45, 7) is 3.61. The maximum atomic E-state index is 12.7. The van der Waals surface area contributed by atoms with Crippen LogP contribution in [0.1, 0.15) is 42.5 Å². The Morgan fingerprint density at radius 2 is 1.72 bits per heavy atom. The summed E-state index contributed by atoms with van der Waals surface area (Å²) in [6, 6.07) is 12.8. The molecule has 1 aliphatic heterocycles. The molecular formula is C22H19N5O5. The van der Waals surface area contributed by atoms with Gasteiger partial charge in [0, 0.05) is 12.1 Å². The molecule has 0 saturated heterocycles. The van der Waals surface area contributed by atoms with Gasteiger partial charge in [-0.3, -0.25) is 29.2 Å². The number of hydrogen-bond donors (Lipinski definition) is 1. The normalized spacial score (nSPS) is 12.8. The van der Waals surface area contributed by atoms with Gasteiger partial charge in [0.2, 0.25) is 0 Å². The molecule has 0 saturated carbocycles. The number of carbonyl (C=O) groups excluding carboxylic acids is 3. The van der Waals surface area contributed by atoms with Crippen molar-refractivity contribution in [1.82, 2.24) is 15.1 Å². The molecule has 0 unspecified atom stereocenters. The van der Waals surface area contributed by atoms with Crippen LogP contribution < -0.4 is 10.2 Å². The van der Waals surface area contributed by atoms with E-state index in [9.17, 15) is 24.5 Å². The summed E-state index contributed by atoms with van der Waals surface area (Å²) in [6.07, 6.45) is 0. The van der Waals surface area contributed by atoms with E-state index in [1.165, 1.54) is 10.7 Å². The van der Waals surface area contributed by atoms with Gasteiger partial charge in [0.15, 0.2) is 0 Å². The first-order chi connectivity index (χ1) is 15.3. The van der Waals surface area contributed by atoms with Crippen LogP contribution in [0.2, 0.25) is 0 Å². The zero-order chi connectivity index (χ0) is 23.0. The highest BCUT2D eigenvalue weighted by molar-refractivity contribution is 6.34. The van der Waals surface area contributed by atoms with Crippen LogP contribution in [0, 0.1) is 24.0 Å². The number of nitrogens with one attached hydrogen (secondary N) is 1. The average Bonchev–Trinajstić information content (AvgIpc) is 3.20. The van der Waals surface area contributed by atoms with Crippen molar-refractivity contribution in [2.45, 2.75) is 20.4 Å². The molecule has 1 N–H and O–H groups in total. The number of anilines is 1. The van der Waals surface area contributed by atoms with Crippen molar-refractivity contribution in [3.05, 3.63) is 86.7 Å². The zero-order valence-corrected chi connectivity index (χ0v) is 17.4. The van der Waals surface area contributed by atoms with Crippen molar-refractivity contribution in [1.29, 1.82) is 0 Å². The monoisotopic (exact) mass is 433 g/mol. The van der Waals surface area contributed by atoms with E-state index in [4.69, 9.17) is 0 Å². The molecule has 0 radical (unpaired) electrons. The number of carbonyl (C=O) groups is 3. The lowest BCUT2D eigenvalue weighted by atomic mass is 10.1. The Labute approximate surface area is 182 Å². The molecule has 10 heteroatoms. The van der Waals surface area contributed by atoms with E-state index in [0.29, 0.717) is 28.2 Å². The van der Waals surface area contributed by atoms with Gasteiger partial charge >= 0.3 is 5.69 Å². The van der Waals surface area contributed by atoms with E-state index >= 15 is 0 Å². The van der Waals surface area contributed by atoms with Crippen molar-refractivity contribution in [2.75, 3.05) is 11.4 Å². The molecule has 2 heterocycles. The van der Waals surface area contributed by atoms with E-state index < -0.39 is 22.6 Å². The van der Waals surface area contributed by atoms with E-state index in [1.807, 2.05) is 0 Å². The first kappa shape index (κ1) is 20.9. The number of amides is 3. The quantitative estimate of drug-likeness (QED) is 0.362. The number of aromatic nitrogens is 2. The van der Waals surface area contributed by atoms with Crippen LogP contribution in [-0.4, -0.2) is 39.0 Å². The van der Waals surface area contributed by atoms with Crippen LogP contribution in [0.4, 0.5) is 11.4 Å². The Bertz CT molecular complexity index is 1240. The summed E-state index contributed by atoms with van der Waals surface area (Å²) < 4.78 is 1.48. The minimum atomic E-state index is -0.475. The minimum Gasteiger partial charge on any atom is -0.350 e. The van der Waals surface area contributed by atoms with Crippen molar-refractivity contribution < 1.29 is 19.3 Å². The van der Waals surface area contributed by atoms with Crippen molar-refractivity contribution >= 4 is 29.1 Å². The standard InChI is InChI=1S/C22H19N5O5/c1-13-19(27(31)32)14(2)25(24-13)11-10-23-20(28)15-6-5-7-16(12-15)26-21(29)17-8-3-4-9-18(17)22(26)30/h3-9,12H,10-11H2,1-2H3,(H,23,28). The summed E-state index contributed by atoms with van der Waals surface area (Å²) in [4.78, 5) is 49.6. The third-order valence-electron chi connectivity index (χ3n) is 5.30. The highest BCUT2D eigenvalue weighted by Crippen LogP contribution is 2.28. The molecule has 0 atom stereocenters. The lowest BCUT2D eigenvalue weighted by molar-refractivity contribution is -0.386. The van der Waals surface area contributed by atoms with Gasteiger partial charge in [-0.15, -0.1) is 0 Å². The Morgan fingerprint density at radius 3 is 2.31 bits per heavy atom. The maximum absolute atomic E-state index is 12.7. The largest absolute Gasteiger partial charge is 0.350 e. The second kappa shape index (κ2) is 8.06. The second-order valence-electron chi connectivity index (χ2n) is 7.30. The SMILES string of the molecule is Cc1nn(CCNC(=O)c2cccc(N3C(=O)c4ccccc4C3=O)c2)c(C)c1[N+](=O)[O-]. The van der Waals surface area contributed by atoms with E-state index in [1.54, 1.807) is 56.3 Å². The molecule has 2 aromatic carbocycles. The summed E-state index contributed by atoms with van der Waals surface area (Å²) in [5, 5.41) is 18.0. The number of imide groups is 1. The van der Waals surface area contributed by atoms with Crippen LogP contribution in [0.15, 0.2) is 48.5 Å². The van der Waals surface area contributed by atoms with Crippen LogP contribution in [0.25, 0.3) is 0 Å². The van der Waals surface area contributed by atoms with Crippen molar-refractivity contribution in [3.63, 3.8) is 0 Å². The first-order valence-electron chi connectivity index (χ1n) is 9.84. The Kier molecular flexibility index (Phi) is 5.27. The van der Waals surface area contributed by atoms with E-state index in [2.05, 4.69) is 10.4 Å². The van der Waals surface area contributed by atoms with Gasteiger partial charge < -0.3 is 5.32 Å². The van der Waals surface area contributed by atoms with Crippen LogP contribution in [0.3, 0.4) is 0 Å². The fourth-order valence-corrected chi connectivity index (χ4v) is 3.76. The lowest BCUT2D eigenvalue weighted by Crippen LogP contribution is -2.30. The molecule has 162 valence electrons. The molecule has 1 aromatic heterocycles. The lowest BCUT2D eigenvalue weighted by Gasteiger charge is -2.15. The van der Waals surface area contributed by atoms with Gasteiger partial charge in [-0.25, -0.2) is 4.90 Å². The summed E-state index contributed by atoms with van der Waals surface area (Å²) >= 11 is 0. The van der Waals surface area contributed by atoms with Gasteiger partial charge in [-0.1, -0.05) is 18.2 Å². The molecule has 0 aliphatic carbocycles. The van der Waals surface area contributed by atoms with Gasteiger partial charge in [0.25, 0.3) is 17.7 Å². The zero-order valence-electron chi connectivity index (χ0n) is 17.4. The summed E-state index contributed by atoms with van der Waals surface area (Å²) in [5.41, 5.74) is 1.92. The third-order valence-corrected chi connectivity index (χ3v) is 5.30. The van der Waals surface area contributed by atoms with E-state index in [-0.39, 0.29) is 24.3 Å². The maximum Gasteiger partial charge on any atom is 0.312 e. The van der Waals surface area contributed by atoms with Crippen molar-refractivity contribution in [2.24, 2.45) is 0 Å². The number of nitro groups is 1. The highest BCUT2D eigenvalue weighted by atomic mass is 16.6. The van der Waals surface area contributed by atoms with Crippen LogP contribution >= 0.6 is 0 Å². The Hall–Kier alpha value is -4.34. The van der Waals surface area contributed by atoms with Gasteiger partial charge in [-0.2, -0.15) is 5.10 Å². The third kappa shape index (κ3) is 3.51. The molecule has 10 nitrogen and oxygen atoms in total. The minimum absolute atomic E-state index is 0.0371. The Morgan fingerprint density at radius 1 is 1.06 bits per heavy atom. The van der Waals surface area contributed by atoms with Gasteiger partial charge in [0.05, 0.1) is 28.3 Å². The topological polar surface area (TPSA) is 127 Å². The Balaban J connectivity index is 1.46. The predicted molar refractivity (Wildman–Crippen MR) is 115 cm³/mol. The van der Waals surface area contributed by atoms with E-state index in [0.717, 1.165) is 4.90 Å². The highest BCUT2D eigenvalue weighted by Gasteiger charge is 2.36. The van der Waals surface area contributed by atoms with Crippen LogP contribution in [0.5, 0.6) is 0 Å². The average molecular weight is 433 g/mol. The molecular weight excluding hydrogens is 414 g/mol. The number of rotatable bonds is 6. The molecule has 4 rings (SSSR count). The number of fused-ring (bicyclic) bond motifs is 1. The number of nitrogens with zero attached hydrogens (tertiary/aromatic N) is 4. The van der Waals surface area contributed by atoms with Crippen molar-refractivity contribution in [3.8, 4) is 0 Å². The predicted octanol–water partition coefficient (Wildman–Crippen LogP) is 2.64. The fraction of sp³-hybridized carbons (Fsp3) is 0.182.